The summed E-state index contributed by atoms with van der Waals surface area (Å²) in [6.07, 6.45) is 3.51. The van der Waals surface area contributed by atoms with Crippen molar-refractivity contribution in [3.63, 3.8) is 0 Å². The summed E-state index contributed by atoms with van der Waals surface area (Å²) in [4.78, 5) is 8.32. The van der Waals surface area contributed by atoms with Crippen molar-refractivity contribution in [1.82, 2.24) is 14.4 Å². The van der Waals surface area contributed by atoms with Crippen LogP contribution in [-0.4, -0.2) is 14.4 Å². The Morgan fingerprint density at radius 3 is 2.90 bits per heavy atom. The maximum Gasteiger partial charge on any atom is 0.143 e. The Morgan fingerprint density at radius 2 is 2.00 bits per heavy atom. The molecule has 0 fully saturated rings. The van der Waals surface area contributed by atoms with Crippen LogP contribution in [0, 0.1) is 0 Å². The Hall–Kier alpha value is -2.29. The lowest BCUT2D eigenvalue weighted by Gasteiger charge is -2.04. The van der Waals surface area contributed by atoms with E-state index in [4.69, 9.17) is 4.98 Å². The Balaban J connectivity index is 2.08. The summed E-state index contributed by atoms with van der Waals surface area (Å²) in [6, 6.07) is 14.8. The molecule has 0 aliphatic heterocycles. The predicted octanol–water partition coefficient (Wildman–Crippen LogP) is 4.31. The van der Waals surface area contributed by atoms with Gasteiger partial charge in [0.15, 0.2) is 0 Å². The quantitative estimate of drug-likeness (QED) is 0.587. The molecule has 0 unspecified atom stereocenters. The number of aromatic nitrogens is 3. The molecule has 3 heterocycles. The molecule has 0 aliphatic carbocycles. The van der Waals surface area contributed by atoms with Crippen LogP contribution in [0.3, 0.4) is 0 Å². The Labute approximate surface area is 117 Å². The molecule has 0 radical (unpaired) electrons. The molecule has 1 N–H and O–H groups in total. The van der Waals surface area contributed by atoms with E-state index >= 15 is 0 Å². The Morgan fingerprint density at radius 1 is 1.10 bits per heavy atom. The number of pyridine rings is 1. The van der Waals surface area contributed by atoms with Gasteiger partial charge in [-0.2, -0.15) is 0 Å². The molecule has 0 saturated heterocycles. The third kappa shape index (κ3) is 1.56. The minimum absolute atomic E-state index is 1.03. The molecule has 4 aromatic rings. The van der Waals surface area contributed by atoms with Crippen LogP contribution >= 0.6 is 0 Å². The van der Waals surface area contributed by atoms with E-state index in [0.29, 0.717) is 0 Å². The molecule has 100 valence electrons. The van der Waals surface area contributed by atoms with Crippen LogP contribution in [0.2, 0.25) is 0 Å². The molecule has 0 aliphatic rings. The summed E-state index contributed by atoms with van der Waals surface area (Å²) in [5.41, 5.74) is 5.71. The van der Waals surface area contributed by atoms with E-state index in [2.05, 4.69) is 58.8 Å². The van der Waals surface area contributed by atoms with Crippen molar-refractivity contribution in [2.75, 3.05) is 0 Å². The summed E-state index contributed by atoms with van der Waals surface area (Å²) in [7, 11) is 0. The molecule has 4 rings (SSSR count). The van der Waals surface area contributed by atoms with Crippen LogP contribution in [0.1, 0.15) is 25.5 Å². The first-order valence-electron chi connectivity index (χ1n) is 7.25. The van der Waals surface area contributed by atoms with Gasteiger partial charge in [0.1, 0.15) is 16.8 Å². The number of imidazole rings is 1. The number of rotatable bonds is 3. The topological polar surface area (TPSA) is 33.1 Å². The van der Waals surface area contributed by atoms with Gasteiger partial charge in [0, 0.05) is 16.6 Å². The normalized spacial score (nSPS) is 11.8. The van der Waals surface area contributed by atoms with Gasteiger partial charge < -0.3 is 4.98 Å². The maximum atomic E-state index is 4.80. The number of para-hydroxylation sites is 1. The monoisotopic (exact) mass is 263 g/mol. The van der Waals surface area contributed by atoms with E-state index in [9.17, 15) is 0 Å². The SMILES string of the molecule is CCCCc1cccc2nc3c4ccccc4[nH]c3n12. The number of aromatic amines is 1. The van der Waals surface area contributed by atoms with Crippen molar-refractivity contribution in [3.05, 3.63) is 48.2 Å². The average Bonchev–Trinajstić information content (AvgIpc) is 3.01. The smallest absolute Gasteiger partial charge is 0.143 e. The van der Waals surface area contributed by atoms with Crippen molar-refractivity contribution in [1.29, 1.82) is 0 Å². The van der Waals surface area contributed by atoms with Gasteiger partial charge in [0.05, 0.1) is 0 Å². The van der Waals surface area contributed by atoms with Gasteiger partial charge in [-0.05, 0) is 31.0 Å². The maximum absolute atomic E-state index is 4.80. The summed E-state index contributed by atoms with van der Waals surface area (Å²) in [5.74, 6) is 0. The molecule has 3 aromatic heterocycles. The summed E-state index contributed by atoms with van der Waals surface area (Å²) < 4.78 is 2.27. The molecule has 3 nitrogen and oxygen atoms in total. The van der Waals surface area contributed by atoms with Crippen molar-refractivity contribution in [2.24, 2.45) is 0 Å². The standard InChI is InChI=1S/C17H17N3/c1-2-3-7-12-8-6-11-15-19-16-13-9-4-5-10-14(13)18-17(16)20(12)15/h4-6,8-11,18H,2-3,7H2,1H3. The first-order chi connectivity index (χ1) is 9.88. The lowest BCUT2D eigenvalue weighted by molar-refractivity contribution is 0.769. The van der Waals surface area contributed by atoms with Crippen LogP contribution in [-0.2, 0) is 6.42 Å². The van der Waals surface area contributed by atoms with E-state index in [0.717, 1.165) is 28.7 Å². The van der Waals surface area contributed by atoms with Crippen LogP contribution in [0.15, 0.2) is 42.5 Å². The lowest BCUT2D eigenvalue weighted by atomic mass is 10.2. The van der Waals surface area contributed by atoms with Gasteiger partial charge in [0.2, 0.25) is 0 Å². The zero-order valence-corrected chi connectivity index (χ0v) is 11.6. The lowest BCUT2D eigenvalue weighted by Crippen LogP contribution is -1.96. The highest BCUT2D eigenvalue weighted by Crippen LogP contribution is 2.26. The zero-order valence-electron chi connectivity index (χ0n) is 11.6. The number of nitrogens with one attached hydrogen (secondary N) is 1. The highest BCUT2D eigenvalue weighted by molar-refractivity contribution is 6.05. The second-order valence-electron chi connectivity index (χ2n) is 5.29. The fourth-order valence-electron chi connectivity index (χ4n) is 2.94. The van der Waals surface area contributed by atoms with Crippen molar-refractivity contribution in [2.45, 2.75) is 26.2 Å². The summed E-state index contributed by atoms with van der Waals surface area (Å²) in [5, 5.41) is 1.20. The van der Waals surface area contributed by atoms with Gasteiger partial charge in [-0.25, -0.2) is 4.98 Å². The molecule has 0 spiro atoms. The van der Waals surface area contributed by atoms with E-state index in [1.54, 1.807) is 0 Å². The van der Waals surface area contributed by atoms with Crippen LogP contribution in [0.25, 0.3) is 27.7 Å². The number of nitrogens with zero attached hydrogens (tertiary/aromatic N) is 2. The van der Waals surface area contributed by atoms with Gasteiger partial charge in [-0.15, -0.1) is 0 Å². The van der Waals surface area contributed by atoms with E-state index in [1.165, 1.54) is 23.9 Å². The second-order valence-corrected chi connectivity index (χ2v) is 5.29. The van der Waals surface area contributed by atoms with Crippen LogP contribution in [0.4, 0.5) is 0 Å². The molecule has 0 amide bonds. The van der Waals surface area contributed by atoms with Gasteiger partial charge in [0.25, 0.3) is 0 Å². The molecular formula is C17H17N3. The first-order valence-corrected chi connectivity index (χ1v) is 7.25. The molecule has 0 bridgehead atoms. The number of hydrogen-bond donors (Lipinski definition) is 1. The highest BCUT2D eigenvalue weighted by atomic mass is 15.1. The number of hydrogen-bond acceptors (Lipinski definition) is 1. The zero-order chi connectivity index (χ0) is 13.5. The minimum atomic E-state index is 1.03. The van der Waals surface area contributed by atoms with Crippen molar-refractivity contribution < 1.29 is 0 Å². The van der Waals surface area contributed by atoms with Gasteiger partial charge >= 0.3 is 0 Å². The van der Waals surface area contributed by atoms with Gasteiger partial charge in [-0.3, -0.25) is 4.40 Å². The third-order valence-electron chi connectivity index (χ3n) is 3.95. The molecular weight excluding hydrogens is 246 g/mol. The van der Waals surface area contributed by atoms with E-state index in [-0.39, 0.29) is 0 Å². The Kier molecular flexibility index (Phi) is 2.52. The highest BCUT2D eigenvalue weighted by Gasteiger charge is 2.12. The molecule has 0 saturated carbocycles. The Bertz CT molecular complexity index is 898. The fraction of sp³-hybridized carbons (Fsp3) is 0.235. The van der Waals surface area contributed by atoms with Crippen molar-refractivity contribution >= 4 is 27.7 Å². The summed E-state index contributed by atoms with van der Waals surface area (Å²) in [6.45, 7) is 2.23. The summed E-state index contributed by atoms with van der Waals surface area (Å²) >= 11 is 0. The van der Waals surface area contributed by atoms with Gasteiger partial charge in [-0.1, -0.05) is 37.6 Å². The van der Waals surface area contributed by atoms with Crippen LogP contribution < -0.4 is 0 Å². The molecule has 3 heteroatoms. The second kappa shape index (κ2) is 4.37. The molecule has 1 aromatic carbocycles. The number of benzene rings is 1. The fourth-order valence-corrected chi connectivity index (χ4v) is 2.94. The third-order valence-corrected chi connectivity index (χ3v) is 3.95. The van der Waals surface area contributed by atoms with Crippen LogP contribution in [0.5, 0.6) is 0 Å². The minimum Gasteiger partial charge on any atom is -0.339 e. The number of H-pyrrole nitrogens is 1. The largest absolute Gasteiger partial charge is 0.339 e. The molecule has 0 atom stereocenters. The number of fused-ring (bicyclic) bond motifs is 5. The van der Waals surface area contributed by atoms with E-state index < -0.39 is 0 Å². The predicted molar refractivity (Wildman–Crippen MR) is 83.2 cm³/mol. The number of unbranched alkanes of at least 4 members (excludes halogenated alkanes) is 1. The number of aryl methyl sites for hydroxylation is 1. The molecule has 20 heavy (non-hydrogen) atoms. The van der Waals surface area contributed by atoms with E-state index in [1.807, 2.05) is 0 Å². The van der Waals surface area contributed by atoms with Crippen molar-refractivity contribution in [3.8, 4) is 0 Å². The average molecular weight is 263 g/mol. The first kappa shape index (κ1) is 11.5.